The van der Waals surface area contributed by atoms with Gasteiger partial charge in [0.1, 0.15) is 12.6 Å². The first-order chi connectivity index (χ1) is 23.8. The minimum absolute atomic E-state index is 0.0848. The maximum absolute atomic E-state index is 14.7. The van der Waals surface area contributed by atoms with E-state index in [0.29, 0.717) is 21.0 Å². The predicted molar refractivity (Wildman–Crippen MR) is 188 cm³/mol. The van der Waals surface area contributed by atoms with E-state index in [1.54, 1.807) is 42.5 Å². The van der Waals surface area contributed by atoms with Crippen LogP contribution in [0.25, 0.3) is 0 Å². The quantitative estimate of drug-likeness (QED) is 0.158. The molecular weight excluding hydrogens is 710 g/mol. The van der Waals surface area contributed by atoms with Crippen molar-refractivity contribution < 1.29 is 31.2 Å². The maximum Gasteiger partial charge on any atom is 0.416 e. The fourth-order valence-corrected chi connectivity index (χ4v) is 7.97. The number of amides is 2. The van der Waals surface area contributed by atoms with E-state index in [1.165, 1.54) is 29.2 Å². The minimum atomic E-state index is -4.83. The Morgan fingerprint density at radius 2 is 1.46 bits per heavy atom. The van der Waals surface area contributed by atoms with Gasteiger partial charge in [0.05, 0.1) is 21.2 Å². The summed E-state index contributed by atoms with van der Waals surface area (Å²) in [6.07, 6.45) is -0.230. The summed E-state index contributed by atoms with van der Waals surface area (Å²) in [6, 6.07) is 23.8. The van der Waals surface area contributed by atoms with Crippen LogP contribution in [0, 0.1) is 0 Å². The Balaban J connectivity index is 1.61. The summed E-state index contributed by atoms with van der Waals surface area (Å²) >= 11 is 12.7. The molecule has 0 bridgehead atoms. The van der Waals surface area contributed by atoms with E-state index in [1.807, 2.05) is 18.2 Å². The van der Waals surface area contributed by atoms with Crippen LogP contribution in [-0.4, -0.2) is 43.8 Å². The summed E-state index contributed by atoms with van der Waals surface area (Å²) in [5.41, 5.74) is -0.381. The molecule has 1 aliphatic rings. The highest BCUT2D eigenvalue weighted by Crippen LogP contribution is 2.37. The number of hydrogen-bond acceptors (Lipinski definition) is 4. The molecule has 1 saturated carbocycles. The number of rotatable bonds is 12. The van der Waals surface area contributed by atoms with Crippen molar-refractivity contribution in [2.24, 2.45) is 0 Å². The molecule has 1 N–H and O–H groups in total. The molecule has 1 fully saturated rings. The number of benzene rings is 4. The average molecular weight is 747 g/mol. The first kappa shape index (κ1) is 37.2. The second-order valence-electron chi connectivity index (χ2n) is 12.2. The highest BCUT2D eigenvalue weighted by Gasteiger charge is 2.38. The summed E-state index contributed by atoms with van der Waals surface area (Å²) in [4.78, 5) is 29.9. The molecule has 1 unspecified atom stereocenters. The molecule has 1 atom stereocenters. The number of anilines is 1. The molecular formula is C37H36Cl2F3N3O4S. The van der Waals surface area contributed by atoms with Crippen LogP contribution in [0.15, 0.2) is 108 Å². The Hall–Kier alpha value is -4.06. The fraction of sp³-hybridized carbons (Fsp3) is 0.297. The van der Waals surface area contributed by atoms with E-state index in [-0.39, 0.29) is 28.9 Å². The summed E-state index contributed by atoms with van der Waals surface area (Å²) in [7, 11) is -4.66. The molecule has 4 aromatic rings. The van der Waals surface area contributed by atoms with Crippen LogP contribution < -0.4 is 9.62 Å². The molecule has 5 rings (SSSR count). The normalized spacial score (nSPS) is 14.5. The first-order valence-electron chi connectivity index (χ1n) is 16.2. The van der Waals surface area contributed by atoms with Crippen LogP contribution in [-0.2, 0) is 38.8 Å². The van der Waals surface area contributed by atoms with Crippen molar-refractivity contribution in [3.8, 4) is 0 Å². The SMILES string of the molecule is O=C(NC1CCCCC1)C(Cc1ccccc1)N(Cc1cccc(Cl)c1)C(=O)CN(c1cc(C(F)(F)F)ccc1Cl)S(=O)(=O)c1ccccc1. The lowest BCUT2D eigenvalue weighted by Gasteiger charge is -2.35. The Bertz CT molecular complexity index is 1890. The van der Waals surface area contributed by atoms with Gasteiger partial charge in [-0.15, -0.1) is 0 Å². The molecule has 2 amide bonds. The Morgan fingerprint density at radius 3 is 2.10 bits per heavy atom. The van der Waals surface area contributed by atoms with E-state index < -0.39 is 51.9 Å². The second-order valence-corrected chi connectivity index (χ2v) is 14.9. The Labute approximate surface area is 300 Å². The third-order valence-corrected chi connectivity index (χ3v) is 10.9. The van der Waals surface area contributed by atoms with Gasteiger partial charge in [-0.25, -0.2) is 8.42 Å². The molecule has 0 heterocycles. The zero-order valence-corrected chi connectivity index (χ0v) is 29.3. The van der Waals surface area contributed by atoms with Gasteiger partial charge >= 0.3 is 6.18 Å². The van der Waals surface area contributed by atoms with Crippen molar-refractivity contribution in [1.29, 1.82) is 0 Å². The molecule has 7 nitrogen and oxygen atoms in total. The van der Waals surface area contributed by atoms with Crippen molar-refractivity contribution >= 4 is 50.7 Å². The third kappa shape index (κ3) is 9.38. The van der Waals surface area contributed by atoms with Gasteiger partial charge in [-0.2, -0.15) is 13.2 Å². The number of sulfonamides is 1. The van der Waals surface area contributed by atoms with Crippen LogP contribution in [0.4, 0.5) is 18.9 Å². The molecule has 0 spiro atoms. The molecule has 0 radical (unpaired) electrons. The number of carbonyl (C=O) groups is 2. The first-order valence-corrected chi connectivity index (χ1v) is 18.4. The van der Waals surface area contributed by atoms with Gasteiger partial charge in [0.2, 0.25) is 11.8 Å². The van der Waals surface area contributed by atoms with Gasteiger partial charge in [-0.1, -0.05) is 103 Å². The monoisotopic (exact) mass is 745 g/mol. The Morgan fingerprint density at radius 1 is 0.820 bits per heavy atom. The topological polar surface area (TPSA) is 86.8 Å². The van der Waals surface area contributed by atoms with Crippen LogP contribution in [0.3, 0.4) is 0 Å². The van der Waals surface area contributed by atoms with Gasteiger partial charge in [0.15, 0.2) is 0 Å². The Kier molecular flexibility index (Phi) is 12.1. The number of carbonyl (C=O) groups excluding carboxylic acids is 2. The number of nitrogens with zero attached hydrogens (tertiary/aromatic N) is 2. The number of hydrogen-bond donors (Lipinski definition) is 1. The van der Waals surface area contributed by atoms with Crippen LogP contribution >= 0.6 is 23.2 Å². The molecule has 0 aromatic heterocycles. The largest absolute Gasteiger partial charge is 0.416 e. The van der Waals surface area contributed by atoms with Gasteiger partial charge in [-0.05, 0) is 66.4 Å². The minimum Gasteiger partial charge on any atom is -0.352 e. The number of alkyl halides is 3. The van der Waals surface area contributed by atoms with E-state index in [0.717, 1.165) is 49.8 Å². The lowest BCUT2D eigenvalue weighted by molar-refractivity contribution is -0.140. The summed E-state index contributed by atoms with van der Waals surface area (Å²) < 4.78 is 70.6. The highest BCUT2D eigenvalue weighted by atomic mass is 35.5. The summed E-state index contributed by atoms with van der Waals surface area (Å²) in [5.74, 6) is -1.26. The van der Waals surface area contributed by atoms with Crippen LogP contribution in [0.2, 0.25) is 10.0 Å². The number of halogens is 5. The molecule has 50 heavy (non-hydrogen) atoms. The van der Waals surface area contributed by atoms with Crippen LogP contribution in [0.5, 0.6) is 0 Å². The maximum atomic E-state index is 14.7. The van der Waals surface area contributed by atoms with E-state index in [2.05, 4.69) is 5.32 Å². The van der Waals surface area contributed by atoms with Crippen molar-refractivity contribution in [3.63, 3.8) is 0 Å². The summed E-state index contributed by atoms with van der Waals surface area (Å²) in [6.45, 7) is -1.11. The van der Waals surface area contributed by atoms with E-state index in [9.17, 15) is 31.2 Å². The van der Waals surface area contributed by atoms with Crippen molar-refractivity contribution in [2.75, 3.05) is 10.8 Å². The van der Waals surface area contributed by atoms with E-state index in [4.69, 9.17) is 23.2 Å². The molecule has 4 aromatic carbocycles. The predicted octanol–water partition coefficient (Wildman–Crippen LogP) is 8.30. The van der Waals surface area contributed by atoms with Gasteiger partial charge in [0, 0.05) is 24.0 Å². The zero-order valence-electron chi connectivity index (χ0n) is 27.0. The molecule has 13 heteroatoms. The summed E-state index contributed by atoms with van der Waals surface area (Å²) in [5, 5.41) is 3.17. The average Bonchev–Trinajstić information content (AvgIpc) is 3.09. The van der Waals surface area contributed by atoms with Crippen molar-refractivity contribution in [3.05, 3.63) is 130 Å². The standard InChI is InChI=1S/C37H36Cl2F3N3O4S/c38-29-14-10-13-27(21-29)24-44(34(22-26-11-4-1-5-12-26)36(47)43-30-15-6-2-7-16-30)35(46)25-45(50(48,49)31-17-8-3-9-18-31)33-23-28(37(40,41)42)19-20-32(33)39/h1,3-5,8-14,17-21,23,30,34H,2,6-7,15-16,22,24-25H2,(H,43,47). The van der Waals surface area contributed by atoms with Crippen molar-refractivity contribution in [2.45, 2.75) is 68.2 Å². The highest BCUT2D eigenvalue weighted by molar-refractivity contribution is 7.92. The van der Waals surface area contributed by atoms with Gasteiger partial charge < -0.3 is 10.2 Å². The molecule has 264 valence electrons. The fourth-order valence-electron chi connectivity index (χ4n) is 6.04. The number of nitrogens with one attached hydrogen (secondary N) is 1. The smallest absolute Gasteiger partial charge is 0.352 e. The lowest BCUT2D eigenvalue weighted by atomic mass is 9.94. The van der Waals surface area contributed by atoms with Gasteiger partial charge in [-0.3, -0.25) is 13.9 Å². The molecule has 0 aliphatic heterocycles. The van der Waals surface area contributed by atoms with E-state index >= 15 is 0 Å². The lowest BCUT2D eigenvalue weighted by Crippen LogP contribution is -2.55. The molecule has 0 saturated heterocycles. The second kappa shape index (κ2) is 16.3. The molecule has 1 aliphatic carbocycles. The van der Waals surface area contributed by atoms with Gasteiger partial charge in [0.25, 0.3) is 10.0 Å². The zero-order chi connectivity index (χ0) is 35.9. The van der Waals surface area contributed by atoms with Crippen molar-refractivity contribution in [1.82, 2.24) is 10.2 Å². The van der Waals surface area contributed by atoms with Crippen LogP contribution in [0.1, 0.15) is 48.8 Å². The third-order valence-electron chi connectivity index (χ3n) is 8.62.